The molecule has 0 aliphatic heterocycles. The third-order valence-corrected chi connectivity index (χ3v) is 2.86. The van der Waals surface area contributed by atoms with E-state index >= 15 is 0 Å². The molecule has 1 aliphatic carbocycles. The van der Waals surface area contributed by atoms with E-state index in [1.807, 2.05) is 0 Å². The standard InChI is InChI=1S/C15H18/c1-15(2,3)14-10-8-13(9-11-14)12-6-4-5-7-12/h4,6-11H,5H2,1-3H3. The highest BCUT2D eigenvalue weighted by atomic mass is 14.2. The Labute approximate surface area is 92.3 Å². The summed E-state index contributed by atoms with van der Waals surface area (Å²) in [7, 11) is 0. The third-order valence-electron chi connectivity index (χ3n) is 2.86. The smallest absolute Gasteiger partial charge is 0.0132 e. The van der Waals surface area contributed by atoms with Crippen LogP contribution >= 0.6 is 0 Å². The summed E-state index contributed by atoms with van der Waals surface area (Å²) in [6.07, 6.45) is 7.75. The molecule has 0 saturated heterocycles. The Morgan fingerprint density at radius 2 is 1.67 bits per heavy atom. The first kappa shape index (κ1) is 10.2. The van der Waals surface area contributed by atoms with Crippen molar-refractivity contribution in [2.24, 2.45) is 0 Å². The van der Waals surface area contributed by atoms with E-state index in [4.69, 9.17) is 0 Å². The summed E-state index contributed by atoms with van der Waals surface area (Å²) in [5.74, 6) is 0. The van der Waals surface area contributed by atoms with Crippen molar-refractivity contribution in [1.82, 2.24) is 0 Å². The number of rotatable bonds is 1. The lowest BCUT2D eigenvalue weighted by molar-refractivity contribution is 0.590. The van der Waals surface area contributed by atoms with Gasteiger partial charge in [0.05, 0.1) is 0 Å². The molecule has 0 atom stereocenters. The fraction of sp³-hybridized carbons (Fsp3) is 0.333. The minimum absolute atomic E-state index is 0.248. The van der Waals surface area contributed by atoms with Gasteiger partial charge >= 0.3 is 0 Å². The topological polar surface area (TPSA) is 0 Å². The average molecular weight is 198 g/mol. The van der Waals surface area contributed by atoms with Gasteiger partial charge in [0.1, 0.15) is 0 Å². The van der Waals surface area contributed by atoms with Crippen LogP contribution in [0.25, 0.3) is 5.57 Å². The van der Waals surface area contributed by atoms with Gasteiger partial charge in [-0.05, 0) is 28.5 Å². The van der Waals surface area contributed by atoms with Crippen molar-refractivity contribution < 1.29 is 0 Å². The van der Waals surface area contributed by atoms with Crippen molar-refractivity contribution in [3.63, 3.8) is 0 Å². The summed E-state index contributed by atoms with van der Waals surface area (Å²) in [5.41, 5.74) is 4.33. The highest BCUT2D eigenvalue weighted by Crippen LogP contribution is 2.26. The van der Waals surface area contributed by atoms with E-state index in [9.17, 15) is 0 Å². The second-order valence-corrected chi connectivity index (χ2v) is 5.12. The van der Waals surface area contributed by atoms with Crippen LogP contribution in [0.1, 0.15) is 38.3 Å². The van der Waals surface area contributed by atoms with E-state index < -0.39 is 0 Å². The summed E-state index contributed by atoms with van der Waals surface area (Å²) in [6.45, 7) is 6.74. The first-order valence-electron chi connectivity index (χ1n) is 5.55. The second kappa shape index (κ2) is 3.69. The summed E-state index contributed by atoms with van der Waals surface area (Å²) >= 11 is 0. The first-order chi connectivity index (χ1) is 7.07. The van der Waals surface area contributed by atoms with Gasteiger partial charge in [0, 0.05) is 0 Å². The molecule has 0 fully saturated rings. The van der Waals surface area contributed by atoms with Gasteiger partial charge in [-0.15, -0.1) is 0 Å². The highest BCUT2D eigenvalue weighted by molar-refractivity contribution is 5.76. The summed E-state index contributed by atoms with van der Waals surface area (Å²) < 4.78 is 0. The van der Waals surface area contributed by atoms with Crippen LogP contribution in [0.2, 0.25) is 0 Å². The van der Waals surface area contributed by atoms with Crippen LogP contribution in [0.15, 0.2) is 42.5 Å². The first-order valence-corrected chi connectivity index (χ1v) is 5.55. The Morgan fingerprint density at radius 1 is 1.00 bits per heavy atom. The van der Waals surface area contributed by atoms with Gasteiger partial charge in [-0.3, -0.25) is 0 Å². The Morgan fingerprint density at radius 3 is 2.13 bits per heavy atom. The van der Waals surface area contributed by atoms with Crippen molar-refractivity contribution in [1.29, 1.82) is 0 Å². The maximum absolute atomic E-state index is 2.27. The Kier molecular flexibility index (Phi) is 2.52. The quantitative estimate of drug-likeness (QED) is 0.630. The predicted molar refractivity (Wildman–Crippen MR) is 66.9 cm³/mol. The minimum Gasteiger partial charge on any atom is -0.0801 e. The molecule has 2 rings (SSSR count). The van der Waals surface area contributed by atoms with E-state index in [0.717, 1.165) is 6.42 Å². The SMILES string of the molecule is CC(C)(C)c1ccc(C2=CCC=C2)cc1. The molecular formula is C15H18. The van der Waals surface area contributed by atoms with Crippen molar-refractivity contribution in [2.45, 2.75) is 32.6 Å². The van der Waals surface area contributed by atoms with Crippen LogP contribution in [0, 0.1) is 0 Å². The molecule has 0 bridgehead atoms. The molecule has 0 unspecified atom stereocenters. The van der Waals surface area contributed by atoms with Crippen LogP contribution in [0.4, 0.5) is 0 Å². The fourth-order valence-corrected chi connectivity index (χ4v) is 1.83. The lowest BCUT2D eigenvalue weighted by Crippen LogP contribution is -2.10. The molecule has 0 heteroatoms. The zero-order valence-corrected chi connectivity index (χ0v) is 9.75. The molecule has 1 aromatic carbocycles. The van der Waals surface area contributed by atoms with Gasteiger partial charge in [0.2, 0.25) is 0 Å². The molecule has 0 amide bonds. The monoisotopic (exact) mass is 198 g/mol. The van der Waals surface area contributed by atoms with Crippen LogP contribution in [-0.4, -0.2) is 0 Å². The van der Waals surface area contributed by atoms with Crippen LogP contribution < -0.4 is 0 Å². The molecular weight excluding hydrogens is 180 g/mol. The largest absolute Gasteiger partial charge is 0.0801 e. The Hall–Kier alpha value is -1.30. The van der Waals surface area contributed by atoms with Crippen LogP contribution in [-0.2, 0) is 5.41 Å². The number of hydrogen-bond acceptors (Lipinski definition) is 0. The lowest BCUT2D eigenvalue weighted by Gasteiger charge is -2.19. The van der Waals surface area contributed by atoms with E-state index in [1.54, 1.807) is 0 Å². The maximum Gasteiger partial charge on any atom is -0.0132 e. The Balaban J connectivity index is 2.28. The lowest BCUT2D eigenvalue weighted by atomic mass is 9.86. The maximum atomic E-state index is 2.27. The highest BCUT2D eigenvalue weighted by Gasteiger charge is 2.13. The zero-order valence-electron chi connectivity index (χ0n) is 9.75. The predicted octanol–water partition coefficient (Wildman–Crippen LogP) is 4.33. The Bertz CT molecular complexity index is 397. The molecule has 0 saturated carbocycles. The normalized spacial score (nSPS) is 15.5. The number of allylic oxidation sites excluding steroid dienone is 4. The van der Waals surface area contributed by atoms with Gasteiger partial charge in [-0.2, -0.15) is 0 Å². The fourth-order valence-electron chi connectivity index (χ4n) is 1.83. The van der Waals surface area contributed by atoms with Crippen molar-refractivity contribution >= 4 is 5.57 Å². The summed E-state index contributed by atoms with van der Waals surface area (Å²) in [6, 6.07) is 8.93. The van der Waals surface area contributed by atoms with Crippen molar-refractivity contribution in [3.05, 3.63) is 53.6 Å². The third kappa shape index (κ3) is 2.20. The van der Waals surface area contributed by atoms with Gasteiger partial charge in [0.15, 0.2) is 0 Å². The van der Waals surface area contributed by atoms with Crippen molar-refractivity contribution in [3.8, 4) is 0 Å². The van der Waals surface area contributed by atoms with E-state index in [2.05, 4.69) is 63.3 Å². The van der Waals surface area contributed by atoms with Gasteiger partial charge in [0.25, 0.3) is 0 Å². The molecule has 15 heavy (non-hydrogen) atoms. The summed E-state index contributed by atoms with van der Waals surface area (Å²) in [4.78, 5) is 0. The molecule has 0 radical (unpaired) electrons. The average Bonchev–Trinajstić information content (AvgIpc) is 2.69. The molecule has 0 nitrogen and oxygen atoms in total. The van der Waals surface area contributed by atoms with Crippen LogP contribution in [0.5, 0.6) is 0 Å². The van der Waals surface area contributed by atoms with Gasteiger partial charge in [-0.1, -0.05) is 63.3 Å². The van der Waals surface area contributed by atoms with E-state index in [0.29, 0.717) is 0 Å². The summed E-state index contributed by atoms with van der Waals surface area (Å²) in [5, 5.41) is 0. The molecule has 78 valence electrons. The number of benzene rings is 1. The van der Waals surface area contributed by atoms with Crippen LogP contribution in [0.3, 0.4) is 0 Å². The van der Waals surface area contributed by atoms with Gasteiger partial charge < -0.3 is 0 Å². The molecule has 1 aliphatic rings. The van der Waals surface area contributed by atoms with Crippen molar-refractivity contribution in [2.75, 3.05) is 0 Å². The molecule has 0 heterocycles. The zero-order chi connectivity index (χ0) is 10.9. The minimum atomic E-state index is 0.248. The molecule has 0 N–H and O–H groups in total. The van der Waals surface area contributed by atoms with Gasteiger partial charge in [-0.25, -0.2) is 0 Å². The second-order valence-electron chi connectivity index (χ2n) is 5.12. The number of hydrogen-bond donors (Lipinski definition) is 0. The van der Waals surface area contributed by atoms with E-state index in [1.165, 1.54) is 16.7 Å². The molecule has 0 aromatic heterocycles. The van der Waals surface area contributed by atoms with E-state index in [-0.39, 0.29) is 5.41 Å². The molecule has 0 spiro atoms. The molecule has 1 aromatic rings.